The molecule has 7 heteroatoms. The van der Waals surface area contributed by atoms with Crippen LogP contribution < -0.4 is 4.90 Å². The van der Waals surface area contributed by atoms with Crippen LogP contribution >= 0.6 is 0 Å². The van der Waals surface area contributed by atoms with Crippen molar-refractivity contribution in [2.24, 2.45) is 7.05 Å². The second-order valence-corrected chi connectivity index (χ2v) is 7.27. The highest BCUT2D eigenvalue weighted by atomic mass is 16.2. The van der Waals surface area contributed by atoms with Crippen molar-refractivity contribution in [2.45, 2.75) is 39.5 Å². The van der Waals surface area contributed by atoms with Gasteiger partial charge in [-0.25, -0.2) is 9.97 Å². The topological polar surface area (TPSA) is 67.2 Å². The first kappa shape index (κ1) is 18.4. The molecule has 140 valence electrons. The van der Waals surface area contributed by atoms with Crippen LogP contribution in [0.25, 0.3) is 0 Å². The number of aryl methyl sites for hydroxylation is 3. The van der Waals surface area contributed by atoms with Gasteiger partial charge in [0.1, 0.15) is 11.6 Å². The average Bonchev–Trinajstić information content (AvgIpc) is 3.04. The second-order valence-electron chi connectivity index (χ2n) is 7.27. The van der Waals surface area contributed by atoms with Crippen LogP contribution in [0.1, 0.15) is 43.3 Å². The van der Waals surface area contributed by atoms with Gasteiger partial charge in [0, 0.05) is 63.5 Å². The van der Waals surface area contributed by atoms with Crippen molar-refractivity contribution in [2.75, 3.05) is 31.1 Å². The zero-order valence-corrected chi connectivity index (χ0v) is 16.1. The molecule has 0 unspecified atom stereocenters. The molecule has 0 spiro atoms. The highest BCUT2D eigenvalue weighted by molar-refractivity contribution is 5.76. The summed E-state index contributed by atoms with van der Waals surface area (Å²) >= 11 is 0. The third-order valence-corrected chi connectivity index (χ3v) is 4.72. The summed E-state index contributed by atoms with van der Waals surface area (Å²) in [5.74, 6) is 2.39. The summed E-state index contributed by atoms with van der Waals surface area (Å²) in [6, 6.07) is 2.03. The Hall–Kier alpha value is -2.44. The number of nitrogens with zero attached hydrogens (tertiary/aromatic N) is 6. The number of amides is 1. The summed E-state index contributed by atoms with van der Waals surface area (Å²) in [5.41, 5.74) is 2.10. The van der Waals surface area contributed by atoms with E-state index >= 15 is 0 Å². The second kappa shape index (κ2) is 7.85. The SMILES string of the molecule is Cc1cc(N2CCN(C(=O)CCc3cnn(C)c3)CC2)nc(C(C)C)n1. The molecule has 1 aliphatic heterocycles. The smallest absolute Gasteiger partial charge is 0.223 e. The lowest BCUT2D eigenvalue weighted by molar-refractivity contribution is -0.131. The van der Waals surface area contributed by atoms with Crippen LogP contribution in [-0.4, -0.2) is 56.7 Å². The van der Waals surface area contributed by atoms with Gasteiger partial charge in [-0.05, 0) is 18.9 Å². The van der Waals surface area contributed by atoms with E-state index in [-0.39, 0.29) is 5.91 Å². The van der Waals surface area contributed by atoms with Crippen molar-refractivity contribution in [3.05, 3.63) is 35.5 Å². The monoisotopic (exact) mass is 356 g/mol. The molecule has 0 bridgehead atoms. The summed E-state index contributed by atoms with van der Waals surface area (Å²) in [5, 5.41) is 4.15. The van der Waals surface area contributed by atoms with Gasteiger partial charge < -0.3 is 9.80 Å². The normalized spacial score (nSPS) is 15.0. The van der Waals surface area contributed by atoms with Crippen molar-refractivity contribution in [1.82, 2.24) is 24.6 Å². The van der Waals surface area contributed by atoms with E-state index in [9.17, 15) is 4.79 Å². The van der Waals surface area contributed by atoms with E-state index in [4.69, 9.17) is 4.98 Å². The molecule has 0 aromatic carbocycles. The Balaban J connectivity index is 1.54. The molecule has 0 radical (unpaired) electrons. The molecule has 26 heavy (non-hydrogen) atoms. The zero-order valence-electron chi connectivity index (χ0n) is 16.1. The minimum absolute atomic E-state index is 0.218. The van der Waals surface area contributed by atoms with E-state index in [1.807, 2.05) is 37.3 Å². The molecule has 0 aliphatic carbocycles. The summed E-state index contributed by atoms with van der Waals surface area (Å²) in [6.45, 7) is 9.33. The number of aromatic nitrogens is 4. The number of hydrogen-bond acceptors (Lipinski definition) is 5. The van der Waals surface area contributed by atoms with Crippen molar-refractivity contribution in [3.63, 3.8) is 0 Å². The molecule has 2 aromatic rings. The van der Waals surface area contributed by atoms with Gasteiger partial charge in [0.2, 0.25) is 5.91 Å². The molecular weight excluding hydrogens is 328 g/mol. The zero-order chi connectivity index (χ0) is 18.7. The average molecular weight is 356 g/mol. The van der Waals surface area contributed by atoms with Gasteiger partial charge in [-0.1, -0.05) is 13.8 Å². The largest absolute Gasteiger partial charge is 0.353 e. The van der Waals surface area contributed by atoms with Gasteiger partial charge in [-0.3, -0.25) is 9.48 Å². The quantitative estimate of drug-likeness (QED) is 0.819. The van der Waals surface area contributed by atoms with E-state index in [0.29, 0.717) is 12.3 Å². The molecule has 3 rings (SSSR count). The van der Waals surface area contributed by atoms with Crippen molar-refractivity contribution < 1.29 is 4.79 Å². The number of carbonyl (C=O) groups is 1. The molecule has 0 atom stereocenters. The van der Waals surface area contributed by atoms with Gasteiger partial charge in [-0.2, -0.15) is 5.10 Å². The minimum Gasteiger partial charge on any atom is -0.353 e. The van der Waals surface area contributed by atoms with Gasteiger partial charge in [0.05, 0.1) is 6.20 Å². The molecule has 0 N–H and O–H groups in total. The van der Waals surface area contributed by atoms with Crippen LogP contribution in [0.4, 0.5) is 5.82 Å². The van der Waals surface area contributed by atoms with E-state index in [1.54, 1.807) is 4.68 Å². The summed E-state index contributed by atoms with van der Waals surface area (Å²) in [4.78, 5) is 25.9. The molecule has 1 amide bonds. The number of rotatable bonds is 5. The van der Waals surface area contributed by atoms with Crippen molar-refractivity contribution in [1.29, 1.82) is 0 Å². The molecule has 2 aromatic heterocycles. The third kappa shape index (κ3) is 4.39. The lowest BCUT2D eigenvalue weighted by Crippen LogP contribution is -2.49. The highest BCUT2D eigenvalue weighted by Gasteiger charge is 2.22. The van der Waals surface area contributed by atoms with Crippen LogP contribution in [0.5, 0.6) is 0 Å². The summed E-state index contributed by atoms with van der Waals surface area (Å²) < 4.78 is 1.77. The Bertz CT molecular complexity index is 761. The maximum absolute atomic E-state index is 12.5. The predicted molar refractivity (Wildman–Crippen MR) is 101 cm³/mol. The molecule has 3 heterocycles. The molecular formula is C19H28N6O. The molecule has 0 saturated carbocycles. The third-order valence-electron chi connectivity index (χ3n) is 4.72. The Morgan fingerprint density at radius 2 is 1.92 bits per heavy atom. The fourth-order valence-electron chi connectivity index (χ4n) is 3.19. The van der Waals surface area contributed by atoms with Gasteiger partial charge in [0.25, 0.3) is 0 Å². The van der Waals surface area contributed by atoms with E-state index in [1.165, 1.54) is 0 Å². The Labute approximate surface area is 155 Å². The minimum atomic E-state index is 0.218. The summed E-state index contributed by atoms with van der Waals surface area (Å²) in [7, 11) is 1.89. The summed E-state index contributed by atoms with van der Waals surface area (Å²) in [6.07, 6.45) is 5.08. The fourth-order valence-corrected chi connectivity index (χ4v) is 3.19. The maximum Gasteiger partial charge on any atom is 0.223 e. The van der Waals surface area contributed by atoms with Crippen LogP contribution in [-0.2, 0) is 18.3 Å². The maximum atomic E-state index is 12.5. The fraction of sp³-hybridized carbons (Fsp3) is 0.579. The Morgan fingerprint density at radius 1 is 1.19 bits per heavy atom. The van der Waals surface area contributed by atoms with Crippen molar-refractivity contribution in [3.8, 4) is 0 Å². The van der Waals surface area contributed by atoms with Crippen LogP contribution in [0.15, 0.2) is 18.5 Å². The van der Waals surface area contributed by atoms with Gasteiger partial charge in [0.15, 0.2) is 0 Å². The van der Waals surface area contributed by atoms with Crippen LogP contribution in [0, 0.1) is 6.92 Å². The lowest BCUT2D eigenvalue weighted by atomic mass is 10.1. The molecule has 1 fully saturated rings. The lowest BCUT2D eigenvalue weighted by Gasteiger charge is -2.35. The van der Waals surface area contributed by atoms with Gasteiger partial charge in [-0.15, -0.1) is 0 Å². The number of carbonyl (C=O) groups excluding carboxylic acids is 1. The van der Waals surface area contributed by atoms with Gasteiger partial charge >= 0.3 is 0 Å². The Kier molecular flexibility index (Phi) is 5.54. The Morgan fingerprint density at radius 3 is 2.54 bits per heavy atom. The first-order valence-electron chi connectivity index (χ1n) is 9.28. The highest BCUT2D eigenvalue weighted by Crippen LogP contribution is 2.19. The molecule has 1 aliphatic rings. The molecule has 7 nitrogen and oxygen atoms in total. The van der Waals surface area contributed by atoms with Crippen LogP contribution in [0.3, 0.4) is 0 Å². The first-order chi connectivity index (χ1) is 12.4. The number of hydrogen-bond donors (Lipinski definition) is 0. The van der Waals surface area contributed by atoms with Crippen molar-refractivity contribution >= 4 is 11.7 Å². The standard InChI is InChI=1S/C19H28N6O/c1-14(2)19-21-15(3)11-17(22-19)24-7-9-25(10-8-24)18(26)6-5-16-12-20-23(4)13-16/h11-14H,5-10H2,1-4H3. The van der Waals surface area contributed by atoms with E-state index < -0.39 is 0 Å². The first-order valence-corrected chi connectivity index (χ1v) is 9.28. The van der Waals surface area contributed by atoms with Crippen LogP contribution in [0.2, 0.25) is 0 Å². The van der Waals surface area contributed by atoms with E-state index in [2.05, 4.69) is 28.8 Å². The number of piperazine rings is 1. The predicted octanol–water partition coefficient (Wildman–Crippen LogP) is 1.92. The number of anilines is 1. The van der Waals surface area contributed by atoms with E-state index in [0.717, 1.165) is 55.5 Å². The molecule has 1 saturated heterocycles.